The highest BCUT2D eigenvalue weighted by Crippen LogP contribution is 2.41. The van der Waals surface area contributed by atoms with Crippen molar-refractivity contribution < 1.29 is 33.3 Å². The van der Waals surface area contributed by atoms with Crippen LogP contribution in [0, 0.1) is 6.92 Å². The summed E-state index contributed by atoms with van der Waals surface area (Å²) in [7, 11) is 0. The van der Waals surface area contributed by atoms with Gasteiger partial charge >= 0.3 is 11.9 Å². The van der Waals surface area contributed by atoms with E-state index in [2.05, 4.69) is 0 Å². The molecule has 2 heterocycles. The summed E-state index contributed by atoms with van der Waals surface area (Å²) in [5.74, 6) is -0.978. The Kier molecular flexibility index (Phi) is 7.15. The van der Waals surface area contributed by atoms with Crippen LogP contribution in [0.4, 0.5) is 0 Å². The zero-order valence-corrected chi connectivity index (χ0v) is 18.9. The molecule has 0 aromatic heterocycles. The molecule has 0 amide bonds. The van der Waals surface area contributed by atoms with Crippen molar-refractivity contribution in [2.45, 2.75) is 61.8 Å². The van der Waals surface area contributed by atoms with Crippen molar-refractivity contribution in [1.29, 1.82) is 0 Å². The summed E-state index contributed by atoms with van der Waals surface area (Å²) in [5, 5.41) is 0. The number of hydrogen-bond acceptors (Lipinski definition) is 8. The van der Waals surface area contributed by atoms with Gasteiger partial charge in [-0.25, -0.2) is 0 Å². The van der Waals surface area contributed by atoms with E-state index in [1.165, 1.54) is 25.6 Å². The number of esters is 2. The van der Waals surface area contributed by atoms with Gasteiger partial charge in [0.1, 0.15) is 17.6 Å². The van der Waals surface area contributed by atoms with Gasteiger partial charge in [0, 0.05) is 24.3 Å². The minimum Gasteiger partial charge on any atom is -0.456 e. The van der Waals surface area contributed by atoms with E-state index in [1.807, 2.05) is 61.5 Å². The fourth-order valence-electron chi connectivity index (χ4n) is 3.81. The van der Waals surface area contributed by atoms with Gasteiger partial charge in [-0.2, -0.15) is 0 Å². The van der Waals surface area contributed by atoms with E-state index in [-0.39, 0.29) is 6.61 Å². The second-order valence-corrected chi connectivity index (χ2v) is 8.97. The van der Waals surface area contributed by atoms with Crippen molar-refractivity contribution in [3.8, 4) is 0 Å². The Morgan fingerprint density at radius 2 is 1.56 bits per heavy atom. The Balaban J connectivity index is 1.61. The van der Waals surface area contributed by atoms with Crippen LogP contribution >= 0.6 is 11.8 Å². The summed E-state index contributed by atoms with van der Waals surface area (Å²) in [4.78, 5) is 24.8. The van der Waals surface area contributed by atoms with E-state index in [0.29, 0.717) is 0 Å². The monoisotopic (exact) mass is 458 g/mol. The molecule has 6 atom stereocenters. The zero-order valence-electron chi connectivity index (χ0n) is 18.1. The second-order valence-electron chi connectivity index (χ2n) is 7.80. The van der Waals surface area contributed by atoms with Crippen LogP contribution < -0.4 is 0 Å². The molecule has 0 bridgehead atoms. The van der Waals surface area contributed by atoms with Gasteiger partial charge in [-0.05, 0) is 19.1 Å². The molecule has 7 nitrogen and oxygen atoms in total. The van der Waals surface area contributed by atoms with Crippen molar-refractivity contribution in [1.82, 2.24) is 0 Å². The number of aryl methyl sites for hydroxylation is 1. The number of thioether (sulfide) groups is 1. The molecule has 0 radical (unpaired) electrons. The summed E-state index contributed by atoms with van der Waals surface area (Å²) in [6, 6.07) is 17.4. The van der Waals surface area contributed by atoms with Gasteiger partial charge in [0.25, 0.3) is 0 Å². The molecule has 8 heteroatoms. The average molecular weight is 459 g/mol. The van der Waals surface area contributed by atoms with Gasteiger partial charge in [-0.15, -0.1) is 0 Å². The molecule has 0 saturated carbocycles. The lowest BCUT2D eigenvalue weighted by molar-refractivity contribution is -0.320. The maximum Gasteiger partial charge on any atom is 0.303 e. The standard InChI is InChI=1S/C24H26O7S/c1-14-9-11-17(12-10-14)23-27-13-19-20(31-23)21(28-15(2)25)22(29-16(3)26)24(30-19)32-18-7-5-4-6-8-18/h4-12,19-24H,13H2,1-3H3/t19-,20-,21+,22-,23?,24+/m1/s1. The molecule has 1 unspecified atom stereocenters. The number of carbonyl (C=O) groups is 2. The highest BCUT2D eigenvalue weighted by molar-refractivity contribution is 7.99. The number of fused-ring (bicyclic) bond motifs is 1. The maximum absolute atomic E-state index is 12.0. The van der Waals surface area contributed by atoms with Crippen LogP contribution in [0.2, 0.25) is 0 Å². The summed E-state index contributed by atoms with van der Waals surface area (Å²) >= 11 is 1.40. The van der Waals surface area contributed by atoms with Crippen LogP contribution in [0.1, 0.15) is 31.3 Å². The molecule has 2 aromatic carbocycles. The molecule has 2 aromatic rings. The first-order valence-electron chi connectivity index (χ1n) is 10.5. The van der Waals surface area contributed by atoms with E-state index in [4.69, 9.17) is 23.7 Å². The van der Waals surface area contributed by atoms with Crippen molar-refractivity contribution in [3.05, 3.63) is 65.7 Å². The molecule has 0 N–H and O–H groups in total. The van der Waals surface area contributed by atoms with Crippen LogP contribution in [-0.2, 0) is 33.3 Å². The third kappa shape index (κ3) is 5.32. The summed E-state index contributed by atoms with van der Waals surface area (Å²) in [6.45, 7) is 4.90. The third-order valence-corrected chi connectivity index (χ3v) is 6.39. The van der Waals surface area contributed by atoms with E-state index < -0.39 is 48.1 Å². The van der Waals surface area contributed by atoms with E-state index in [1.54, 1.807) is 0 Å². The van der Waals surface area contributed by atoms with Crippen molar-refractivity contribution in [3.63, 3.8) is 0 Å². The van der Waals surface area contributed by atoms with Gasteiger partial charge in [-0.1, -0.05) is 59.8 Å². The van der Waals surface area contributed by atoms with Gasteiger partial charge in [-0.3, -0.25) is 9.59 Å². The largest absolute Gasteiger partial charge is 0.456 e. The van der Waals surface area contributed by atoms with Crippen LogP contribution in [0.3, 0.4) is 0 Å². The van der Waals surface area contributed by atoms with Gasteiger partial charge < -0.3 is 23.7 Å². The van der Waals surface area contributed by atoms with Crippen LogP contribution in [0.15, 0.2) is 59.5 Å². The Labute approximate surface area is 191 Å². The third-order valence-electron chi connectivity index (χ3n) is 5.23. The Morgan fingerprint density at radius 1 is 0.906 bits per heavy atom. The molecule has 2 aliphatic rings. The summed E-state index contributed by atoms with van der Waals surface area (Å²) in [5.41, 5.74) is 1.37. The predicted octanol–water partition coefficient (Wildman–Crippen LogP) is 3.79. The molecule has 170 valence electrons. The number of ether oxygens (including phenoxy) is 5. The smallest absolute Gasteiger partial charge is 0.303 e. The van der Waals surface area contributed by atoms with E-state index in [9.17, 15) is 9.59 Å². The number of rotatable bonds is 5. The SMILES string of the molecule is CC(=O)O[C@@H]1[C@@H](OC(C)=O)[C@H](Sc2ccccc2)O[C@@H]2COC(c3ccc(C)cc3)O[C@@H]12. The Hall–Kier alpha value is -2.39. The number of benzene rings is 2. The van der Waals surface area contributed by atoms with Gasteiger partial charge in [0.2, 0.25) is 0 Å². The van der Waals surface area contributed by atoms with E-state index >= 15 is 0 Å². The molecule has 2 saturated heterocycles. The fraction of sp³-hybridized carbons (Fsp3) is 0.417. The minimum atomic E-state index is -0.848. The highest BCUT2D eigenvalue weighted by Gasteiger charge is 2.53. The minimum absolute atomic E-state index is 0.250. The molecule has 32 heavy (non-hydrogen) atoms. The van der Waals surface area contributed by atoms with Crippen molar-refractivity contribution >= 4 is 23.7 Å². The molecule has 0 spiro atoms. The molecular weight excluding hydrogens is 432 g/mol. The van der Waals surface area contributed by atoms with Crippen LogP contribution in [0.5, 0.6) is 0 Å². The van der Waals surface area contributed by atoms with Crippen molar-refractivity contribution in [2.24, 2.45) is 0 Å². The van der Waals surface area contributed by atoms with E-state index in [0.717, 1.165) is 16.0 Å². The normalized spacial score (nSPS) is 29.6. The van der Waals surface area contributed by atoms with Crippen LogP contribution in [-0.4, -0.2) is 48.4 Å². The molecule has 2 aliphatic heterocycles. The van der Waals surface area contributed by atoms with Crippen LogP contribution in [0.25, 0.3) is 0 Å². The van der Waals surface area contributed by atoms with Gasteiger partial charge in [0.15, 0.2) is 18.5 Å². The first kappa shape index (κ1) is 22.8. The first-order valence-corrected chi connectivity index (χ1v) is 11.3. The fourth-order valence-corrected chi connectivity index (χ4v) is 4.94. The van der Waals surface area contributed by atoms with Gasteiger partial charge in [0.05, 0.1) is 6.61 Å². The molecular formula is C24H26O7S. The average Bonchev–Trinajstić information content (AvgIpc) is 2.76. The lowest BCUT2D eigenvalue weighted by Gasteiger charge is -2.48. The molecule has 4 rings (SSSR count). The Bertz CT molecular complexity index is 933. The summed E-state index contributed by atoms with van der Waals surface area (Å²) in [6.07, 6.45) is -3.48. The zero-order chi connectivity index (χ0) is 22.7. The second kappa shape index (κ2) is 10.0. The molecule has 0 aliphatic carbocycles. The highest BCUT2D eigenvalue weighted by atomic mass is 32.2. The lowest BCUT2D eigenvalue weighted by atomic mass is 9.98. The lowest BCUT2D eigenvalue weighted by Crippen LogP contribution is -2.63. The number of hydrogen-bond donors (Lipinski definition) is 0. The topological polar surface area (TPSA) is 80.3 Å². The predicted molar refractivity (Wildman–Crippen MR) is 117 cm³/mol. The first-order chi connectivity index (χ1) is 15.4. The maximum atomic E-state index is 12.0. The summed E-state index contributed by atoms with van der Waals surface area (Å²) < 4.78 is 29.7. The number of carbonyl (C=O) groups excluding carboxylic acids is 2. The van der Waals surface area contributed by atoms with Crippen molar-refractivity contribution in [2.75, 3.05) is 6.61 Å². The Morgan fingerprint density at radius 3 is 2.22 bits per heavy atom. The quantitative estimate of drug-likeness (QED) is 0.626. The molecule has 2 fully saturated rings.